The maximum atomic E-state index is 12.0. The molecule has 0 N–H and O–H groups in total. The molecule has 0 radical (unpaired) electrons. The number of fused-ring (bicyclic) bond motifs is 4. The van der Waals surface area contributed by atoms with E-state index in [0.29, 0.717) is 10.8 Å². The third-order valence-corrected chi connectivity index (χ3v) is 3.35. The van der Waals surface area contributed by atoms with Gasteiger partial charge in [-0.25, -0.2) is 4.98 Å². The van der Waals surface area contributed by atoms with Crippen LogP contribution in [0.5, 0.6) is 0 Å². The summed E-state index contributed by atoms with van der Waals surface area (Å²) in [6.45, 7) is 0. The van der Waals surface area contributed by atoms with Crippen LogP contribution >= 0.6 is 0 Å². The number of benzene rings is 2. The van der Waals surface area contributed by atoms with Crippen molar-refractivity contribution in [2.24, 2.45) is 0 Å². The zero-order chi connectivity index (χ0) is 12.8. The van der Waals surface area contributed by atoms with Crippen molar-refractivity contribution in [3.05, 3.63) is 75.5 Å². The van der Waals surface area contributed by atoms with Gasteiger partial charge in [0.25, 0.3) is 5.56 Å². The monoisotopic (exact) mass is 247 g/mol. The minimum absolute atomic E-state index is 0.206. The maximum absolute atomic E-state index is 12.0. The Bertz CT molecular complexity index is 1030. The van der Waals surface area contributed by atoms with Crippen molar-refractivity contribution in [3.8, 4) is 0 Å². The van der Waals surface area contributed by atoms with Crippen LogP contribution in [0.1, 0.15) is 0 Å². The van der Waals surface area contributed by atoms with Crippen LogP contribution in [0.4, 0.5) is 0 Å². The first-order valence-corrected chi connectivity index (χ1v) is 6.04. The molecular weight excluding hydrogens is 238 g/mol. The van der Waals surface area contributed by atoms with Crippen LogP contribution < -0.4 is 5.56 Å². The molecule has 0 aliphatic carbocycles. The third-order valence-electron chi connectivity index (χ3n) is 3.35. The lowest BCUT2D eigenvalue weighted by molar-refractivity contribution is 0.663. The highest BCUT2D eigenvalue weighted by molar-refractivity contribution is 5.85. The van der Waals surface area contributed by atoms with Crippen LogP contribution in [0.15, 0.2) is 63.9 Å². The van der Waals surface area contributed by atoms with Crippen molar-refractivity contribution in [1.82, 2.24) is 4.98 Å². The summed E-state index contributed by atoms with van der Waals surface area (Å²) in [5, 5.41) is 3.17. The lowest BCUT2D eigenvalue weighted by Crippen LogP contribution is -1.98. The predicted molar refractivity (Wildman–Crippen MR) is 73.1 cm³/mol. The molecule has 2 aromatic carbocycles. The predicted octanol–water partition coefficient (Wildman–Crippen LogP) is 3.07. The fourth-order valence-corrected chi connectivity index (χ4v) is 2.49. The Morgan fingerprint density at radius 3 is 2.26 bits per heavy atom. The van der Waals surface area contributed by atoms with Gasteiger partial charge in [-0.2, -0.15) is 0 Å². The molecule has 0 saturated heterocycles. The van der Waals surface area contributed by atoms with Crippen LogP contribution in [-0.4, -0.2) is 4.98 Å². The number of hydrogen-bond donors (Lipinski definition) is 0. The Kier molecular flexibility index (Phi) is 1.97. The van der Waals surface area contributed by atoms with E-state index >= 15 is 0 Å². The molecule has 2 heterocycles. The number of hydrogen-bond acceptors (Lipinski definition) is 3. The second-order valence-electron chi connectivity index (χ2n) is 4.45. The van der Waals surface area contributed by atoms with Gasteiger partial charge in [-0.05, 0) is 12.1 Å². The van der Waals surface area contributed by atoms with E-state index in [9.17, 15) is 4.79 Å². The SMILES string of the molecule is O=c1ncc2c3ccccc3oc3ccccc3c1=2. The Morgan fingerprint density at radius 2 is 1.47 bits per heavy atom. The summed E-state index contributed by atoms with van der Waals surface area (Å²) in [5.41, 5.74) is 1.24. The van der Waals surface area contributed by atoms with Gasteiger partial charge in [0.15, 0.2) is 0 Å². The van der Waals surface area contributed by atoms with Crippen molar-refractivity contribution in [2.45, 2.75) is 0 Å². The summed E-state index contributed by atoms with van der Waals surface area (Å²) in [6.07, 6.45) is 1.63. The highest BCUT2D eigenvalue weighted by atomic mass is 16.3. The molecule has 4 rings (SSSR count). The smallest absolute Gasteiger partial charge is 0.278 e. The summed E-state index contributed by atoms with van der Waals surface area (Å²) in [6, 6.07) is 15.2. The van der Waals surface area contributed by atoms with Crippen molar-refractivity contribution in [3.63, 3.8) is 0 Å². The highest BCUT2D eigenvalue weighted by Gasteiger charge is 2.07. The first-order valence-electron chi connectivity index (χ1n) is 6.04. The van der Waals surface area contributed by atoms with Crippen molar-refractivity contribution < 1.29 is 4.42 Å². The first-order chi connectivity index (χ1) is 9.34. The lowest BCUT2D eigenvalue weighted by atomic mass is 10.1. The Morgan fingerprint density at radius 1 is 0.842 bits per heavy atom. The second-order valence-corrected chi connectivity index (χ2v) is 4.45. The summed E-state index contributed by atoms with van der Waals surface area (Å²) >= 11 is 0. The van der Waals surface area contributed by atoms with Crippen molar-refractivity contribution >= 4 is 21.9 Å². The van der Waals surface area contributed by atoms with Crippen LogP contribution in [0, 0.1) is 10.4 Å². The van der Waals surface area contributed by atoms with Gasteiger partial charge in [0.05, 0.1) is 5.22 Å². The molecule has 0 atom stereocenters. The van der Waals surface area contributed by atoms with Gasteiger partial charge in [0.2, 0.25) is 0 Å². The Balaban J connectivity index is 2.56. The first kappa shape index (κ1) is 10.3. The number of aromatic nitrogens is 1. The number of rotatable bonds is 0. The standard InChI is InChI=1S/C16H9NO2/c18-16-15-11-6-2-4-8-14(11)19-13-7-3-1-5-10(13)12(15)9-17-16/h1-9H. The van der Waals surface area contributed by atoms with Gasteiger partial charge in [-0.15, -0.1) is 0 Å². The minimum Gasteiger partial charge on any atom is -0.456 e. The van der Waals surface area contributed by atoms with Gasteiger partial charge in [0, 0.05) is 22.2 Å². The van der Waals surface area contributed by atoms with E-state index in [4.69, 9.17) is 4.42 Å². The molecule has 3 nitrogen and oxygen atoms in total. The van der Waals surface area contributed by atoms with E-state index in [1.807, 2.05) is 48.5 Å². The average molecular weight is 247 g/mol. The van der Waals surface area contributed by atoms with Gasteiger partial charge in [0.1, 0.15) is 11.2 Å². The van der Waals surface area contributed by atoms with Crippen LogP contribution in [0.2, 0.25) is 0 Å². The summed E-state index contributed by atoms with van der Waals surface area (Å²) < 4.78 is 5.93. The fraction of sp³-hybridized carbons (Fsp3) is 0. The quantitative estimate of drug-likeness (QED) is 0.479. The van der Waals surface area contributed by atoms with E-state index in [0.717, 1.165) is 21.6 Å². The van der Waals surface area contributed by atoms with E-state index < -0.39 is 0 Å². The highest BCUT2D eigenvalue weighted by Crippen LogP contribution is 2.21. The maximum Gasteiger partial charge on any atom is 0.278 e. The Hall–Kier alpha value is -2.68. The zero-order valence-electron chi connectivity index (χ0n) is 9.96. The van der Waals surface area contributed by atoms with Gasteiger partial charge < -0.3 is 4.42 Å². The summed E-state index contributed by atoms with van der Waals surface area (Å²) in [4.78, 5) is 15.9. The van der Waals surface area contributed by atoms with E-state index in [1.165, 1.54) is 0 Å². The van der Waals surface area contributed by atoms with Crippen molar-refractivity contribution in [2.75, 3.05) is 0 Å². The normalized spacial score (nSPS) is 11.4. The molecule has 2 aromatic rings. The molecule has 0 unspecified atom stereocenters. The topological polar surface area (TPSA) is 43.1 Å². The second kappa shape index (κ2) is 3.65. The molecule has 0 saturated carbocycles. The summed E-state index contributed by atoms with van der Waals surface area (Å²) in [5.74, 6) is 0. The molecule has 90 valence electrons. The largest absolute Gasteiger partial charge is 0.456 e. The van der Waals surface area contributed by atoms with Crippen LogP contribution in [0.3, 0.4) is 0 Å². The lowest BCUT2D eigenvalue weighted by Gasteiger charge is -1.92. The summed E-state index contributed by atoms with van der Waals surface area (Å²) in [7, 11) is 0. The molecule has 2 aliphatic rings. The van der Waals surface area contributed by atoms with Gasteiger partial charge >= 0.3 is 0 Å². The van der Waals surface area contributed by atoms with E-state index in [2.05, 4.69) is 4.98 Å². The van der Waals surface area contributed by atoms with Gasteiger partial charge in [-0.3, -0.25) is 4.79 Å². The molecule has 19 heavy (non-hydrogen) atoms. The molecule has 0 bridgehead atoms. The molecule has 0 aromatic heterocycles. The van der Waals surface area contributed by atoms with Gasteiger partial charge in [-0.1, -0.05) is 36.4 Å². The molecule has 2 aliphatic heterocycles. The molecule has 0 fully saturated rings. The third kappa shape index (κ3) is 1.38. The number of nitrogens with zero attached hydrogens (tertiary/aromatic N) is 1. The fourth-order valence-electron chi connectivity index (χ4n) is 2.49. The molecule has 0 amide bonds. The van der Waals surface area contributed by atoms with E-state index in [1.54, 1.807) is 6.20 Å². The van der Waals surface area contributed by atoms with E-state index in [-0.39, 0.29) is 5.56 Å². The number of para-hydroxylation sites is 2. The average Bonchev–Trinajstić information content (AvgIpc) is 2.75. The van der Waals surface area contributed by atoms with Crippen LogP contribution in [-0.2, 0) is 0 Å². The Labute approximate surface area is 107 Å². The zero-order valence-corrected chi connectivity index (χ0v) is 9.96. The molecule has 0 spiro atoms. The molecular formula is C16H9NO2. The van der Waals surface area contributed by atoms with Crippen LogP contribution in [0.25, 0.3) is 21.9 Å². The molecule has 3 heteroatoms. The minimum atomic E-state index is -0.206. The van der Waals surface area contributed by atoms with Crippen molar-refractivity contribution in [1.29, 1.82) is 0 Å².